The van der Waals surface area contributed by atoms with Gasteiger partial charge in [-0.2, -0.15) is 0 Å². The maximum atomic E-state index is 12.3. The number of hydrogen-bond donors (Lipinski definition) is 2. The van der Waals surface area contributed by atoms with E-state index in [1.165, 1.54) is 0 Å². The van der Waals surface area contributed by atoms with Crippen LogP contribution in [-0.4, -0.2) is 32.1 Å². The van der Waals surface area contributed by atoms with Crippen LogP contribution in [0.3, 0.4) is 0 Å². The quantitative estimate of drug-likeness (QED) is 0.235. The van der Waals surface area contributed by atoms with E-state index in [4.69, 9.17) is 9.97 Å². The van der Waals surface area contributed by atoms with Gasteiger partial charge in [-0.1, -0.05) is 54.6 Å². The number of fused-ring (bicyclic) bond motifs is 4. The van der Waals surface area contributed by atoms with E-state index in [0.29, 0.717) is 45.8 Å². The minimum atomic E-state index is -0.917. The second-order valence-corrected chi connectivity index (χ2v) is 11.0. The zero-order valence-corrected chi connectivity index (χ0v) is 22.9. The summed E-state index contributed by atoms with van der Waals surface area (Å²) in [5, 5.41) is 21.5. The van der Waals surface area contributed by atoms with Crippen LogP contribution >= 0.6 is 0 Å². The van der Waals surface area contributed by atoms with Gasteiger partial charge in [-0.25, -0.2) is 19.6 Å². The standard InChI is InChI=1S/C36H28N2O4/c39-35(40)31-25-12-1-3-16-29(25)37-33-23(10-6-14-27(31)33)19-21-8-5-9-22(18-21)20-24-11-7-15-28-32(36(41)42)26-13-2-4-17-30(26)38-34(24)28/h1-5,8-9,12-13,16-20H,6-7,10-11,14-15H2,(H,39,40)(H,41,42)/b23-19-,24-20+. The van der Waals surface area contributed by atoms with Gasteiger partial charge < -0.3 is 10.2 Å². The Labute approximate surface area is 242 Å². The van der Waals surface area contributed by atoms with Crippen LogP contribution in [0.15, 0.2) is 72.8 Å². The Bertz CT molecular complexity index is 1860. The number of hydrogen-bond acceptors (Lipinski definition) is 4. The molecule has 6 heteroatoms. The normalized spacial score (nSPS) is 16.5. The van der Waals surface area contributed by atoms with Crippen molar-refractivity contribution >= 4 is 57.0 Å². The van der Waals surface area contributed by atoms with Gasteiger partial charge in [0.1, 0.15) is 0 Å². The van der Waals surface area contributed by atoms with Crippen LogP contribution in [0.4, 0.5) is 0 Å². The fourth-order valence-electron chi connectivity index (χ4n) is 6.58. The van der Waals surface area contributed by atoms with Gasteiger partial charge in [0.05, 0.1) is 33.5 Å². The Hall–Kier alpha value is -5.10. The van der Waals surface area contributed by atoms with Gasteiger partial charge in [-0.3, -0.25) is 0 Å². The molecule has 2 heterocycles. The molecule has 0 saturated carbocycles. The minimum Gasteiger partial charge on any atom is -0.478 e. The van der Waals surface area contributed by atoms with Crippen molar-refractivity contribution in [3.8, 4) is 0 Å². The van der Waals surface area contributed by atoms with Gasteiger partial charge in [0.2, 0.25) is 0 Å². The zero-order valence-electron chi connectivity index (χ0n) is 22.9. The Balaban J connectivity index is 1.31. The highest BCUT2D eigenvalue weighted by molar-refractivity contribution is 6.07. The van der Waals surface area contributed by atoms with Crippen molar-refractivity contribution in [3.63, 3.8) is 0 Å². The molecular weight excluding hydrogens is 524 g/mol. The van der Waals surface area contributed by atoms with Gasteiger partial charge in [0.15, 0.2) is 0 Å². The average Bonchev–Trinajstić information content (AvgIpc) is 2.99. The summed E-state index contributed by atoms with van der Waals surface area (Å²) in [4.78, 5) is 34.5. The molecule has 2 N–H and O–H groups in total. The molecule has 0 aliphatic heterocycles. The summed E-state index contributed by atoms with van der Waals surface area (Å²) in [7, 11) is 0. The largest absolute Gasteiger partial charge is 0.478 e. The van der Waals surface area contributed by atoms with E-state index in [0.717, 1.165) is 70.5 Å². The Morgan fingerprint density at radius 3 is 1.50 bits per heavy atom. The molecule has 6 nitrogen and oxygen atoms in total. The molecule has 0 unspecified atom stereocenters. The number of para-hydroxylation sites is 2. The molecule has 2 aromatic heterocycles. The van der Waals surface area contributed by atoms with Gasteiger partial charge in [-0.05, 0) is 102 Å². The first-order valence-electron chi connectivity index (χ1n) is 14.3. The third-order valence-corrected chi connectivity index (χ3v) is 8.36. The molecule has 0 radical (unpaired) electrons. The number of allylic oxidation sites excluding steroid dienone is 2. The van der Waals surface area contributed by atoms with E-state index in [9.17, 15) is 19.8 Å². The van der Waals surface area contributed by atoms with Gasteiger partial charge >= 0.3 is 11.9 Å². The SMILES string of the molecule is O=C(O)c1c2c(nc3ccccc13)/C(=C\c1cccc(/C=C3\CCCc4c3nc3ccccc3c4C(=O)O)c1)CCC2. The number of carboxylic acid groups (broad SMARTS) is 2. The molecule has 206 valence electrons. The summed E-state index contributed by atoms with van der Waals surface area (Å²) in [6.45, 7) is 0. The minimum absolute atomic E-state index is 0.358. The second-order valence-electron chi connectivity index (χ2n) is 11.0. The number of nitrogens with zero attached hydrogens (tertiary/aromatic N) is 2. The van der Waals surface area contributed by atoms with Crippen LogP contribution in [0.1, 0.15) is 80.0 Å². The van der Waals surface area contributed by atoms with Crippen molar-refractivity contribution in [2.45, 2.75) is 38.5 Å². The number of carboxylic acids is 2. The summed E-state index contributed by atoms with van der Waals surface area (Å²) in [5.74, 6) is -1.83. The highest BCUT2D eigenvalue weighted by Crippen LogP contribution is 2.38. The van der Waals surface area contributed by atoms with Crippen molar-refractivity contribution in [3.05, 3.63) is 118 Å². The van der Waals surface area contributed by atoms with Crippen molar-refractivity contribution in [2.24, 2.45) is 0 Å². The number of pyridine rings is 2. The van der Waals surface area contributed by atoms with Crippen molar-refractivity contribution in [2.75, 3.05) is 0 Å². The van der Waals surface area contributed by atoms with Crippen molar-refractivity contribution < 1.29 is 19.8 Å². The third-order valence-electron chi connectivity index (χ3n) is 8.36. The van der Waals surface area contributed by atoms with Crippen LogP contribution in [0.2, 0.25) is 0 Å². The number of aromatic nitrogens is 2. The number of carbonyl (C=O) groups is 2. The van der Waals surface area contributed by atoms with Crippen LogP contribution in [0, 0.1) is 0 Å². The Kier molecular flexibility index (Phi) is 6.39. The third kappa shape index (κ3) is 4.45. The van der Waals surface area contributed by atoms with E-state index in [-0.39, 0.29) is 0 Å². The lowest BCUT2D eigenvalue weighted by Gasteiger charge is -2.22. The Morgan fingerprint density at radius 1 is 0.595 bits per heavy atom. The molecule has 2 aliphatic rings. The zero-order chi connectivity index (χ0) is 28.8. The van der Waals surface area contributed by atoms with E-state index in [1.54, 1.807) is 0 Å². The lowest BCUT2D eigenvalue weighted by molar-refractivity contribution is 0.0686. The number of aromatic carboxylic acids is 2. The molecule has 2 aliphatic carbocycles. The summed E-state index contributed by atoms with van der Waals surface area (Å²) >= 11 is 0. The molecule has 0 fully saturated rings. The topological polar surface area (TPSA) is 100 Å². The second kappa shape index (κ2) is 10.4. The molecule has 7 rings (SSSR count). The summed E-state index contributed by atoms with van der Waals surface area (Å²) < 4.78 is 0. The molecule has 0 atom stereocenters. The van der Waals surface area contributed by atoms with Crippen LogP contribution < -0.4 is 0 Å². The van der Waals surface area contributed by atoms with E-state index < -0.39 is 11.9 Å². The molecule has 3 aromatic carbocycles. The summed E-state index contributed by atoms with van der Waals surface area (Å²) in [5.41, 5.74) is 9.36. The highest BCUT2D eigenvalue weighted by Gasteiger charge is 2.26. The fraction of sp³-hybridized carbons (Fsp3) is 0.167. The van der Waals surface area contributed by atoms with Gasteiger partial charge in [0.25, 0.3) is 0 Å². The molecule has 5 aromatic rings. The first-order valence-corrected chi connectivity index (χ1v) is 14.3. The monoisotopic (exact) mass is 552 g/mol. The predicted octanol–water partition coefficient (Wildman–Crippen LogP) is 7.93. The maximum Gasteiger partial charge on any atom is 0.336 e. The van der Waals surface area contributed by atoms with Crippen LogP contribution in [0.5, 0.6) is 0 Å². The average molecular weight is 553 g/mol. The first kappa shape index (κ1) is 25.8. The molecule has 0 amide bonds. The molecule has 0 spiro atoms. The lowest BCUT2D eigenvalue weighted by atomic mass is 9.85. The fourth-order valence-corrected chi connectivity index (χ4v) is 6.58. The predicted molar refractivity (Wildman–Crippen MR) is 165 cm³/mol. The summed E-state index contributed by atoms with van der Waals surface area (Å²) in [6.07, 6.45) is 9.01. The van der Waals surface area contributed by atoms with E-state index in [1.807, 2.05) is 66.7 Å². The maximum absolute atomic E-state index is 12.3. The van der Waals surface area contributed by atoms with Crippen LogP contribution in [0.25, 0.3) is 45.1 Å². The highest BCUT2D eigenvalue weighted by atomic mass is 16.4. The lowest BCUT2D eigenvalue weighted by Crippen LogP contribution is -2.13. The number of benzene rings is 3. The van der Waals surface area contributed by atoms with Crippen molar-refractivity contribution in [1.29, 1.82) is 0 Å². The number of rotatable bonds is 4. The summed E-state index contributed by atoms with van der Waals surface area (Å²) in [6, 6.07) is 23.1. The van der Waals surface area contributed by atoms with E-state index in [2.05, 4.69) is 18.2 Å². The molecular formula is C36H28N2O4. The van der Waals surface area contributed by atoms with Crippen molar-refractivity contribution in [1.82, 2.24) is 9.97 Å². The van der Waals surface area contributed by atoms with E-state index >= 15 is 0 Å². The van der Waals surface area contributed by atoms with Crippen LogP contribution in [-0.2, 0) is 12.8 Å². The molecule has 42 heavy (non-hydrogen) atoms. The smallest absolute Gasteiger partial charge is 0.336 e. The molecule has 0 saturated heterocycles. The Morgan fingerprint density at radius 2 is 1.05 bits per heavy atom. The first-order chi connectivity index (χ1) is 20.5. The molecule has 0 bridgehead atoms. The van der Waals surface area contributed by atoms with Gasteiger partial charge in [-0.15, -0.1) is 0 Å². The van der Waals surface area contributed by atoms with Gasteiger partial charge in [0, 0.05) is 10.8 Å².